The Labute approximate surface area is 137 Å². The summed E-state index contributed by atoms with van der Waals surface area (Å²) in [5.41, 5.74) is 1.09. The quantitative estimate of drug-likeness (QED) is 0.870. The van der Waals surface area contributed by atoms with Crippen LogP contribution in [0.4, 0.5) is 5.82 Å². The standard InChI is InChI=1S/C16H26N4OS/c1-5-6-13-8-20(9-14(13)19-15(21)10-22-4)16-11(2)7-17-12(3)18-16/h7,13-14H,5-6,8-10H2,1-4H3,(H,19,21)/t13-,14-/m0/s1. The molecule has 0 aromatic carbocycles. The average Bonchev–Trinajstić information content (AvgIpc) is 2.85. The van der Waals surface area contributed by atoms with Gasteiger partial charge in [0.15, 0.2) is 0 Å². The maximum Gasteiger partial charge on any atom is 0.230 e. The molecule has 0 aliphatic carbocycles. The Hall–Kier alpha value is -1.30. The Morgan fingerprint density at radius 1 is 1.45 bits per heavy atom. The molecule has 2 atom stereocenters. The van der Waals surface area contributed by atoms with Gasteiger partial charge >= 0.3 is 0 Å². The lowest BCUT2D eigenvalue weighted by molar-refractivity contribution is -0.119. The molecule has 0 unspecified atom stereocenters. The number of amides is 1. The van der Waals surface area contributed by atoms with Gasteiger partial charge in [0.1, 0.15) is 11.6 Å². The molecule has 1 fully saturated rings. The van der Waals surface area contributed by atoms with Crippen molar-refractivity contribution in [2.75, 3.05) is 30.0 Å². The van der Waals surface area contributed by atoms with Gasteiger partial charge in [0.25, 0.3) is 0 Å². The summed E-state index contributed by atoms with van der Waals surface area (Å²) in [6.07, 6.45) is 6.10. The lowest BCUT2D eigenvalue weighted by atomic mass is 9.98. The van der Waals surface area contributed by atoms with E-state index >= 15 is 0 Å². The van der Waals surface area contributed by atoms with Gasteiger partial charge in [0.2, 0.25) is 5.91 Å². The van der Waals surface area contributed by atoms with Crippen LogP contribution in [-0.4, -0.2) is 47.0 Å². The van der Waals surface area contributed by atoms with Crippen LogP contribution in [0.3, 0.4) is 0 Å². The highest BCUT2D eigenvalue weighted by Gasteiger charge is 2.34. The number of nitrogens with one attached hydrogen (secondary N) is 1. The van der Waals surface area contributed by atoms with Gasteiger partial charge in [-0.05, 0) is 32.4 Å². The molecule has 5 nitrogen and oxygen atoms in total. The Morgan fingerprint density at radius 3 is 2.91 bits per heavy atom. The molecule has 2 heterocycles. The molecule has 1 saturated heterocycles. The minimum absolute atomic E-state index is 0.135. The molecular formula is C16H26N4OS. The van der Waals surface area contributed by atoms with Crippen molar-refractivity contribution in [1.82, 2.24) is 15.3 Å². The molecule has 6 heteroatoms. The summed E-state index contributed by atoms with van der Waals surface area (Å²) in [5, 5.41) is 3.20. The Bertz CT molecular complexity index is 523. The van der Waals surface area contributed by atoms with E-state index in [1.807, 2.05) is 26.3 Å². The summed E-state index contributed by atoms with van der Waals surface area (Å²) in [7, 11) is 0. The molecule has 122 valence electrons. The monoisotopic (exact) mass is 322 g/mol. The SMILES string of the molecule is CCC[C@H]1CN(c2nc(C)ncc2C)C[C@@H]1NC(=O)CSC. The highest BCUT2D eigenvalue weighted by Crippen LogP contribution is 2.27. The number of nitrogens with zero attached hydrogens (tertiary/aromatic N) is 3. The van der Waals surface area contributed by atoms with Crippen LogP contribution in [0.15, 0.2) is 6.20 Å². The Morgan fingerprint density at radius 2 is 2.23 bits per heavy atom. The second-order valence-corrected chi connectivity index (χ2v) is 6.85. The van der Waals surface area contributed by atoms with Crippen molar-refractivity contribution in [3.8, 4) is 0 Å². The van der Waals surface area contributed by atoms with Crippen LogP contribution < -0.4 is 10.2 Å². The summed E-state index contributed by atoms with van der Waals surface area (Å²) in [6, 6.07) is 0.217. The fourth-order valence-corrected chi connectivity index (χ4v) is 3.43. The van der Waals surface area contributed by atoms with Crippen molar-refractivity contribution in [2.24, 2.45) is 5.92 Å². The fraction of sp³-hybridized carbons (Fsp3) is 0.688. The van der Waals surface area contributed by atoms with E-state index in [2.05, 4.69) is 27.1 Å². The molecule has 1 aromatic rings. The van der Waals surface area contributed by atoms with E-state index in [1.54, 1.807) is 11.8 Å². The van der Waals surface area contributed by atoms with Crippen molar-refractivity contribution >= 4 is 23.5 Å². The molecule has 0 radical (unpaired) electrons. The zero-order chi connectivity index (χ0) is 16.1. The summed E-state index contributed by atoms with van der Waals surface area (Å²) >= 11 is 1.56. The van der Waals surface area contributed by atoms with Crippen molar-refractivity contribution < 1.29 is 4.79 Å². The van der Waals surface area contributed by atoms with E-state index in [-0.39, 0.29) is 11.9 Å². The largest absolute Gasteiger partial charge is 0.354 e. The van der Waals surface area contributed by atoms with Crippen molar-refractivity contribution in [1.29, 1.82) is 0 Å². The van der Waals surface area contributed by atoms with Gasteiger partial charge in [-0.2, -0.15) is 11.8 Å². The van der Waals surface area contributed by atoms with Gasteiger partial charge in [0, 0.05) is 24.8 Å². The summed E-state index contributed by atoms with van der Waals surface area (Å²) in [6.45, 7) is 7.95. The van der Waals surface area contributed by atoms with Gasteiger partial charge in [-0.25, -0.2) is 9.97 Å². The van der Waals surface area contributed by atoms with Gasteiger partial charge < -0.3 is 10.2 Å². The van der Waals surface area contributed by atoms with Crippen LogP contribution in [0.25, 0.3) is 0 Å². The molecular weight excluding hydrogens is 296 g/mol. The maximum atomic E-state index is 11.9. The first-order valence-electron chi connectivity index (χ1n) is 7.88. The van der Waals surface area contributed by atoms with E-state index < -0.39 is 0 Å². The van der Waals surface area contributed by atoms with E-state index in [0.29, 0.717) is 11.7 Å². The fourth-order valence-electron chi connectivity index (χ4n) is 3.09. The van der Waals surface area contributed by atoms with E-state index in [1.165, 1.54) is 0 Å². The number of hydrogen-bond acceptors (Lipinski definition) is 5. The number of aromatic nitrogens is 2. The molecule has 1 aliphatic heterocycles. The van der Waals surface area contributed by atoms with Crippen molar-refractivity contribution in [3.63, 3.8) is 0 Å². The van der Waals surface area contributed by atoms with Crippen LogP contribution in [0, 0.1) is 19.8 Å². The number of carbonyl (C=O) groups is 1. The Kier molecular flexibility index (Phi) is 6.06. The number of thioether (sulfide) groups is 1. The summed E-state index contributed by atoms with van der Waals surface area (Å²) in [5.74, 6) is 2.96. The number of hydrogen-bond donors (Lipinski definition) is 1. The predicted octanol–water partition coefficient (Wildman–Crippen LogP) is 2.18. The molecule has 0 spiro atoms. The molecule has 0 saturated carbocycles. The van der Waals surface area contributed by atoms with Crippen LogP contribution >= 0.6 is 11.8 Å². The molecule has 1 amide bonds. The van der Waals surface area contributed by atoms with Crippen LogP contribution in [0.2, 0.25) is 0 Å². The zero-order valence-electron chi connectivity index (χ0n) is 13.9. The minimum Gasteiger partial charge on any atom is -0.354 e. The van der Waals surface area contributed by atoms with E-state index in [0.717, 1.165) is 43.1 Å². The van der Waals surface area contributed by atoms with Crippen molar-refractivity contribution in [3.05, 3.63) is 17.6 Å². The average molecular weight is 322 g/mol. The summed E-state index contributed by atoms with van der Waals surface area (Å²) in [4.78, 5) is 23.1. The van der Waals surface area contributed by atoms with Crippen LogP contribution in [-0.2, 0) is 4.79 Å². The second-order valence-electron chi connectivity index (χ2n) is 5.98. The zero-order valence-corrected chi connectivity index (χ0v) is 14.7. The molecule has 1 aromatic heterocycles. The first-order valence-corrected chi connectivity index (χ1v) is 9.28. The lowest BCUT2D eigenvalue weighted by Gasteiger charge is -2.20. The second kappa shape index (κ2) is 7.81. The highest BCUT2D eigenvalue weighted by molar-refractivity contribution is 7.99. The Balaban J connectivity index is 2.12. The van der Waals surface area contributed by atoms with Gasteiger partial charge in [-0.3, -0.25) is 4.79 Å². The molecule has 1 N–H and O–H groups in total. The van der Waals surface area contributed by atoms with Crippen molar-refractivity contribution in [2.45, 2.75) is 39.7 Å². The van der Waals surface area contributed by atoms with Gasteiger partial charge in [0.05, 0.1) is 11.8 Å². The number of carbonyl (C=O) groups excluding carboxylic acids is 1. The third-order valence-corrected chi connectivity index (χ3v) is 4.64. The topological polar surface area (TPSA) is 58.1 Å². The van der Waals surface area contributed by atoms with E-state index in [4.69, 9.17) is 0 Å². The number of anilines is 1. The van der Waals surface area contributed by atoms with E-state index in [9.17, 15) is 4.79 Å². The molecule has 1 aliphatic rings. The van der Waals surface area contributed by atoms with Crippen LogP contribution in [0.1, 0.15) is 31.2 Å². The number of aryl methyl sites for hydroxylation is 2. The maximum absolute atomic E-state index is 11.9. The molecule has 0 bridgehead atoms. The number of rotatable bonds is 6. The highest BCUT2D eigenvalue weighted by atomic mass is 32.2. The van der Waals surface area contributed by atoms with Gasteiger partial charge in [-0.15, -0.1) is 0 Å². The van der Waals surface area contributed by atoms with Crippen LogP contribution in [0.5, 0.6) is 0 Å². The molecule has 22 heavy (non-hydrogen) atoms. The van der Waals surface area contributed by atoms with Gasteiger partial charge in [-0.1, -0.05) is 13.3 Å². The third-order valence-electron chi connectivity index (χ3n) is 4.09. The molecule has 2 rings (SSSR count). The first-order chi connectivity index (χ1) is 10.5. The minimum atomic E-state index is 0.135. The smallest absolute Gasteiger partial charge is 0.230 e. The lowest BCUT2D eigenvalue weighted by Crippen LogP contribution is -2.41. The normalized spacial score (nSPS) is 21.2. The predicted molar refractivity (Wildman–Crippen MR) is 92.4 cm³/mol. The first kappa shape index (κ1) is 17.1. The third kappa shape index (κ3) is 4.12. The summed E-state index contributed by atoms with van der Waals surface area (Å²) < 4.78 is 0.